The first-order valence-corrected chi connectivity index (χ1v) is 12.8. The molecule has 0 atom stereocenters. The minimum absolute atomic E-state index is 0.246. The second-order valence-electron chi connectivity index (χ2n) is 8.11. The molecule has 2 radical (unpaired) electrons. The summed E-state index contributed by atoms with van der Waals surface area (Å²) >= 11 is 7.59. The van der Waals surface area contributed by atoms with Gasteiger partial charge in [0, 0.05) is 37.0 Å². The average Bonchev–Trinajstić information content (AvgIpc) is 3.28. The number of nitrogen functional groups attached to an aromatic ring is 1. The molecular weight excluding hydrogens is 482 g/mol. The fourth-order valence-electron chi connectivity index (χ4n) is 3.87. The molecule has 35 heavy (non-hydrogen) atoms. The highest BCUT2D eigenvalue weighted by Crippen LogP contribution is 2.27. The molecule has 2 aromatic heterocycles. The SMILES string of the molecule is Nc1nc(N2CCN([CH][CH]Oc3ccc(Cl)cc3)CC2)c2nc(SCCc3ccccc3)[nH]c2n1. The number of hydrogen-bond donors (Lipinski definition) is 2. The lowest BCUT2D eigenvalue weighted by Crippen LogP contribution is -2.45. The number of rotatable bonds is 9. The number of piperazine rings is 1. The Bertz CT molecular complexity index is 1240. The normalized spacial score (nSPS) is 14.5. The maximum absolute atomic E-state index is 6.02. The van der Waals surface area contributed by atoms with Crippen LogP contribution in [0.25, 0.3) is 11.2 Å². The topological polar surface area (TPSA) is 96.2 Å². The zero-order chi connectivity index (χ0) is 24.0. The Labute approximate surface area is 213 Å². The number of nitrogens with two attached hydrogens (primary N) is 1. The number of anilines is 2. The molecule has 180 valence electrons. The van der Waals surface area contributed by atoms with Gasteiger partial charge < -0.3 is 20.4 Å². The van der Waals surface area contributed by atoms with Crippen LogP contribution >= 0.6 is 23.4 Å². The van der Waals surface area contributed by atoms with Gasteiger partial charge in [-0.05, 0) is 36.2 Å². The number of ether oxygens (including phenoxy) is 1. The number of aromatic amines is 1. The van der Waals surface area contributed by atoms with E-state index in [1.54, 1.807) is 30.5 Å². The fourth-order valence-corrected chi connectivity index (χ4v) is 4.85. The van der Waals surface area contributed by atoms with Gasteiger partial charge in [0.1, 0.15) is 5.75 Å². The fraction of sp³-hybridized carbons (Fsp3) is 0.240. The van der Waals surface area contributed by atoms with Gasteiger partial charge in [0.05, 0.1) is 6.54 Å². The summed E-state index contributed by atoms with van der Waals surface area (Å²) in [5.41, 5.74) is 8.77. The van der Waals surface area contributed by atoms with E-state index in [2.05, 4.69) is 49.0 Å². The summed E-state index contributed by atoms with van der Waals surface area (Å²) in [6, 6.07) is 17.7. The molecule has 3 N–H and O–H groups in total. The van der Waals surface area contributed by atoms with Gasteiger partial charge in [-0.15, -0.1) is 0 Å². The van der Waals surface area contributed by atoms with Crippen LogP contribution in [0.5, 0.6) is 5.75 Å². The van der Waals surface area contributed by atoms with E-state index in [0.29, 0.717) is 10.7 Å². The van der Waals surface area contributed by atoms with E-state index in [9.17, 15) is 0 Å². The summed E-state index contributed by atoms with van der Waals surface area (Å²) in [7, 11) is 0. The first-order valence-electron chi connectivity index (χ1n) is 11.4. The Morgan fingerprint density at radius 1 is 1.00 bits per heavy atom. The van der Waals surface area contributed by atoms with Crippen molar-refractivity contribution >= 4 is 46.3 Å². The monoisotopic (exact) mass is 507 g/mol. The van der Waals surface area contributed by atoms with Gasteiger partial charge in [-0.25, -0.2) is 4.98 Å². The highest BCUT2D eigenvalue weighted by atomic mass is 35.5. The quantitative estimate of drug-likeness (QED) is 0.321. The predicted octanol–water partition coefficient (Wildman–Crippen LogP) is 4.45. The molecule has 0 aliphatic carbocycles. The highest BCUT2D eigenvalue weighted by Gasteiger charge is 2.23. The van der Waals surface area contributed by atoms with Crippen LogP contribution in [-0.4, -0.2) is 56.8 Å². The molecule has 3 heterocycles. The third kappa shape index (κ3) is 6.17. The van der Waals surface area contributed by atoms with Gasteiger partial charge in [0.2, 0.25) is 5.95 Å². The van der Waals surface area contributed by atoms with E-state index in [0.717, 1.165) is 60.6 Å². The van der Waals surface area contributed by atoms with Crippen LogP contribution in [0.3, 0.4) is 0 Å². The van der Waals surface area contributed by atoms with Gasteiger partial charge in [-0.2, -0.15) is 9.97 Å². The summed E-state index contributed by atoms with van der Waals surface area (Å²) in [5.74, 6) is 2.69. The van der Waals surface area contributed by atoms with Gasteiger partial charge in [-0.3, -0.25) is 4.90 Å². The van der Waals surface area contributed by atoms with Crippen molar-refractivity contribution in [2.45, 2.75) is 11.6 Å². The standard InChI is InChI=1S/C25H26ClN7OS/c26-19-6-8-20(9-7-19)34-16-15-32-11-13-33(14-12-32)23-21-22(29-24(27)31-23)30-25(28-21)35-17-10-18-4-2-1-3-5-18/h1-9,15-16H,10-14,17H2,(H3,27,28,29,30,31). The Kier molecular flexibility index (Phi) is 7.56. The summed E-state index contributed by atoms with van der Waals surface area (Å²) < 4.78 is 5.66. The van der Waals surface area contributed by atoms with Crippen LogP contribution < -0.4 is 15.4 Å². The van der Waals surface area contributed by atoms with E-state index in [4.69, 9.17) is 27.1 Å². The summed E-state index contributed by atoms with van der Waals surface area (Å²) in [4.78, 5) is 21.4. The molecule has 10 heteroatoms. The number of aryl methyl sites for hydroxylation is 1. The molecule has 0 bridgehead atoms. The number of nitrogens with one attached hydrogen (secondary N) is 1. The van der Waals surface area contributed by atoms with Gasteiger partial charge in [0.25, 0.3) is 0 Å². The molecule has 4 aromatic rings. The Balaban J connectivity index is 1.16. The van der Waals surface area contributed by atoms with Crippen LogP contribution in [0, 0.1) is 13.2 Å². The van der Waals surface area contributed by atoms with Crippen LogP contribution in [0.4, 0.5) is 11.8 Å². The zero-order valence-electron chi connectivity index (χ0n) is 19.1. The van der Waals surface area contributed by atoms with E-state index in [1.807, 2.05) is 24.7 Å². The molecule has 0 saturated carbocycles. The molecule has 2 aromatic carbocycles. The molecule has 1 aliphatic heterocycles. The molecule has 1 aliphatic rings. The molecule has 8 nitrogen and oxygen atoms in total. The lowest BCUT2D eigenvalue weighted by atomic mass is 10.2. The number of benzene rings is 2. The second kappa shape index (κ2) is 11.2. The molecular formula is C25H26ClN7OS. The summed E-state index contributed by atoms with van der Waals surface area (Å²) in [5, 5.41) is 1.52. The number of imidazole rings is 1. The van der Waals surface area contributed by atoms with Crippen LogP contribution in [0.2, 0.25) is 5.02 Å². The molecule has 1 fully saturated rings. The van der Waals surface area contributed by atoms with Gasteiger partial charge in [-0.1, -0.05) is 53.7 Å². The van der Waals surface area contributed by atoms with Gasteiger partial charge >= 0.3 is 0 Å². The number of halogens is 1. The van der Waals surface area contributed by atoms with Crippen LogP contribution in [-0.2, 0) is 6.42 Å². The van der Waals surface area contributed by atoms with Crippen molar-refractivity contribution in [1.82, 2.24) is 24.8 Å². The minimum atomic E-state index is 0.246. The van der Waals surface area contributed by atoms with Crippen molar-refractivity contribution < 1.29 is 4.74 Å². The number of aromatic nitrogens is 4. The Morgan fingerprint density at radius 3 is 2.54 bits per heavy atom. The van der Waals surface area contributed by atoms with Crippen molar-refractivity contribution in [2.75, 3.05) is 42.6 Å². The number of thioether (sulfide) groups is 1. The number of nitrogens with zero attached hydrogens (tertiary/aromatic N) is 5. The third-order valence-electron chi connectivity index (χ3n) is 5.70. The van der Waals surface area contributed by atoms with Crippen molar-refractivity contribution in [3.63, 3.8) is 0 Å². The molecule has 0 unspecified atom stereocenters. The highest BCUT2D eigenvalue weighted by molar-refractivity contribution is 7.99. The largest absolute Gasteiger partial charge is 0.485 e. The molecule has 1 saturated heterocycles. The predicted molar refractivity (Wildman–Crippen MR) is 141 cm³/mol. The second-order valence-corrected chi connectivity index (χ2v) is 9.63. The van der Waals surface area contributed by atoms with Crippen molar-refractivity contribution in [1.29, 1.82) is 0 Å². The number of H-pyrrole nitrogens is 1. The van der Waals surface area contributed by atoms with E-state index in [-0.39, 0.29) is 5.95 Å². The molecule has 0 amide bonds. The number of fused-ring (bicyclic) bond motifs is 1. The zero-order valence-corrected chi connectivity index (χ0v) is 20.7. The lowest BCUT2D eigenvalue weighted by Gasteiger charge is -2.34. The van der Waals surface area contributed by atoms with Crippen molar-refractivity contribution in [3.05, 3.63) is 78.3 Å². The Morgan fingerprint density at radius 2 is 1.77 bits per heavy atom. The lowest BCUT2D eigenvalue weighted by molar-refractivity contribution is 0.283. The van der Waals surface area contributed by atoms with Crippen molar-refractivity contribution in [3.8, 4) is 5.75 Å². The first kappa shape index (κ1) is 23.7. The summed E-state index contributed by atoms with van der Waals surface area (Å²) in [6.07, 6.45) is 0.973. The van der Waals surface area contributed by atoms with E-state index < -0.39 is 0 Å². The van der Waals surface area contributed by atoms with E-state index in [1.165, 1.54) is 5.56 Å². The maximum Gasteiger partial charge on any atom is 0.224 e. The van der Waals surface area contributed by atoms with E-state index >= 15 is 0 Å². The minimum Gasteiger partial charge on any atom is -0.485 e. The van der Waals surface area contributed by atoms with Gasteiger partial charge in [0.15, 0.2) is 28.7 Å². The maximum atomic E-state index is 6.02. The smallest absolute Gasteiger partial charge is 0.224 e. The first-order chi connectivity index (χ1) is 17.1. The van der Waals surface area contributed by atoms with Crippen molar-refractivity contribution in [2.24, 2.45) is 0 Å². The molecule has 0 spiro atoms. The average molecular weight is 508 g/mol. The molecule has 5 rings (SSSR count). The van der Waals surface area contributed by atoms with Crippen LogP contribution in [0.15, 0.2) is 59.8 Å². The Hall–Kier alpha value is -3.01. The third-order valence-corrected chi connectivity index (χ3v) is 6.82. The number of hydrogen-bond acceptors (Lipinski definition) is 8. The van der Waals surface area contributed by atoms with Crippen LogP contribution in [0.1, 0.15) is 5.56 Å². The summed E-state index contributed by atoms with van der Waals surface area (Å²) in [6.45, 7) is 6.91.